The first kappa shape index (κ1) is 38.5. The highest BCUT2D eigenvalue weighted by Crippen LogP contribution is 2.47. The maximum Gasteiger partial charge on any atom is 0.238 e. The Morgan fingerprint density at radius 2 is 0.700 bits per heavy atom. The van der Waals surface area contributed by atoms with Crippen molar-refractivity contribution in [1.29, 1.82) is 0 Å². The van der Waals surface area contributed by atoms with Gasteiger partial charge in [-0.05, 0) is 66.7 Å². The normalized spacial score (nSPS) is 12.0. The molecule has 0 aliphatic rings. The molecule has 0 saturated carbocycles. The Balaban J connectivity index is 1.15. The lowest BCUT2D eigenvalue weighted by atomic mass is 10.1. The summed E-state index contributed by atoms with van der Waals surface area (Å²) in [6.07, 6.45) is 0. The molecule has 15 rings (SSSR count). The van der Waals surface area contributed by atoms with Crippen LogP contribution in [0.15, 0.2) is 237 Å². The van der Waals surface area contributed by atoms with Crippen LogP contribution in [0.4, 0.5) is 0 Å². The van der Waals surface area contributed by atoms with Gasteiger partial charge in [-0.15, -0.1) is 0 Å². The Morgan fingerprint density at radius 3 is 1.29 bits per heavy atom. The van der Waals surface area contributed by atoms with Crippen LogP contribution in [0.2, 0.25) is 0 Å². The van der Waals surface area contributed by atoms with Crippen LogP contribution in [0, 0.1) is 0 Å². The molecule has 0 bridgehead atoms. The van der Waals surface area contributed by atoms with Crippen LogP contribution >= 0.6 is 0 Å². The van der Waals surface area contributed by atoms with E-state index in [1.165, 1.54) is 16.2 Å². The minimum absolute atomic E-state index is 0.526. The number of aromatic nitrogens is 7. The Labute approximate surface area is 401 Å². The molecule has 0 saturated heterocycles. The second-order valence-corrected chi connectivity index (χ2v) is 18.0. The number of hydrogen-bond acceptors (Lipinski definition) is 3. The molecule has 0 spiro atoms. The lowest BCUT2D eigenvalue weighted by Crippen LogP contribution is -2.08. The molecule has 15 aromatic rings. The molecule has 0 unspecified atom stereocenters. The van der Waals surface area contributed by atoms with Gasteiger partial charge in [-0.25, -0.2) is 4.98 Å². The molecule has 10 aromatic carbocycles. The SMILES string of the molecule is c1ccc(-c2nc(-c3cccc4c5ccccc5n(-c5ccccc5)c34)nc(-n3c4ccccc4c4c3c(-n3c5ccccc5c5ccccc53)cc3c5ccccc5n(-c5ccccc5)c34)n2)cc1. The van der Waals surface area contributed by atoms with E-state index in [1.54, 1.807) is 0 Å². The first-order valence-corrected chi connectivity index (χ1v) is 23.7. The Morgan fingerprint density at radius 1 is 0.271 bits per heavy atom. The standard InChI is InChI=1S/C63H39N7/c1-4-21-40(22-5-1)61-64-62(49-33-20-32-47-45-29-12-15-34-51(45)67(58(47)49)41-23-6-2-7-24-41)66-63(65-61)70-55-38-19-14-31-48(55)57-59-50(46-30-13-16-35-52(46)68(59)42-25-8-3-9-26-42)39-56(60(57)70)69-53-36-17-10-27-43(53)44-28-11-18-37-54(44)69/h1-39H. The summed E-state index contributed by atoms with van der Waals surface area (Å²) >= 11 is 0. The number of para-hydroxylation sites is 8. The van der Waals surface area contributed by atoms with Gasteiger partial charge in [0.05, 0.1) is 49.8 Å². The van der Waals surface area contributed by atoms with Gasteiger partial charge in [0.15, 0.2) is 11.6 Å². The van der Waals surface area contributed by atoms with Crippen molar-refractivity contribution in [2.24, 2.45) is 0 Å². The van der Waals surface area contributed by atoms with Crippen molar-refractivity contribution < 1.29 is 0 Å². The third-order valence-corrected chi connectivity index (χ3v) is 14.2. The first-order chi connectivity index (χ1) is 34.8. The molecule has 0 fully saturated rings. The van der Waals surface area contributed by atoms with E-state index in [2.05, 4.69) is 237 Å². The van der Waals surface area contributed by atoms with Crippen molar-refractivity contribution in [2.75, 3.05) is 0 Å². The quantitative estimate of drug-likeness (QED) is 0.167. The molecule has 70 heavy (non-hydrogen) atoms. The zero-order chi connectivity index (χ0) is 45.9. The maximum atomic E-state index is 5.69. The fourth-order valence-electron chi connectivity index (χ4n) is 11.3. The molecule has 0 radical (unpaired) electrons. The number of fused-ring (bicyclic) bond motifs is 13. The summed E-state index contributed by atoms with van der Waals surface area (Å²) in [5, 5.41) is 9.22. The molecule has 0 amide bonds. The third kappa shape index (κ3) is 5.48. The van der Waals surface area contributed by atoms with Crippen molar-refractivity contribution in [3.05, 3.63) is 237 Å². The van der Waals surface area contributed by atoms with Gasteiger partial charge in [0.25, 0.3) is 0 Å². The van der Waals surface area contributed by atoms with Crippen LogP contribution < -0.4 is 0 Å². The van der Waals surface area contributed by atoms with Gasteiger partial charge >= 0.3 is 0 Å². The second-order valence-electron chi connectivity index (χ2n) is 18.0. The zero-order valence-corrected chi connectivity index (χ0v) is 37.6. The average molecular weight is 894 g/mol. The molecular formula is C63H39N7. The van der Waals surface area contributed by atoms with E-state index < -0.39 is 0 Å². The smallest absolute Gasteiger partial charge is 0.238 e. The molecule has 0 aliphatic carbocycles. The highest BCUT2D eigenvalue weighted by atomic mass is 15.2. The summed E-state index contributed by atoms with van der Waals surface area (Å²) in [4.78, 5) is 16.7. The minimum atomic E-state index is 0.526. The second kappa shape index (κ2) is 15.0. The highest BCUT2D eigenvalue weighted by molar-refractivity contribution is 6.29. The van der Waals surface area contributed by atoms with Gasteiger partial charge in [-0.2, -0.15) is 9.97 Å². The third-order valence-electron chi connectivity index (χ3n) is 14.2. The Hall–Kier alpha value is -9.59. The predicted molar refractivity (Wildman–Crippen MR) is 288 cm³/mol. The van der Waals surface area contributed by atoms with Gasteiger partial charge < -0.3 is 13.7 Å². The molecule has 5 aromatic heterocycles. The zero-order valence-electron chi connectivity index (χ0n) is 37.6. The molecular weight excluding hydrogens is 855 g/mol. The summed E-state index contributed by atoms with van der Waals surface area (Å²) in [5.41, 5.74) is 13.6. The summed E-state index contributed by atoms with van der Waals surface area (Å²) in [6.45, 7) is 0. The molecule has 326 valence electrons. The van der Waals surface area contributed by atoms with Gasteiger partial charge in [-0.1, -0.05) is 170 Å². The number of nitrogens with zero attached hydrogens (tertiary/aromatic N) is 7. The van der Waals surface area contributed by atoms with Crippen LogP contribution in [0.25, 0.3) is 133 Å². The lowest BCUT2D eigenvalue weighted by Gasteiger charge is -2.16. The molecule has 7 heteroatoms. The summed E-state index contributed by atoms with van der Waals surface area (Å²) in [6, 6.07) is 84.2. The molecule has 5 heterocycles. The summed E-state index contributed by atoms with van der Waals surface area (Å²) in [7, 11) is 0. The number of rotatable bonds is 6. The lowest BCUT2D eigenvalue weighted by molar-refractivity contribution is 0.950. The molecule has 0 N–H and O–H groups in total. The number of benzene rings is 10. The largest absolute Gasteiger partial charge is 0.309 e. The summed E-state index contributed by atoms with van der Waals surface area (Å²) < 4.78 is 9.55. The van der Waals surface area contributed by atoms with Crippen LogP contribution in [0.1, 0.15) is 0 Å². The van der Waals surface area contributed by atoms with E-state index in [4.69, 9.17) is 15.0 Å². The van der Waals surface area contributed by atoms with E-state index in [-0.39, 0.29) is 0 Å². The highest BCUT2D eigenvalue weighted by Gasteiger charge is 2.28. The van der Waals surface area contributed by atoms with E-state index in [0.29, 0.717) is 17.6 Å². The first-order valence-electron chi connectivity index (χ1n) is 23.7. The van der Waals surface area contributed by atoms with Gasteiger partial charge in [0.1, 0.15) is 0 Å². The van der Waals surface area contributed by atoms with Gasteiger partial charge in [0, 0.05) is 65.6 Å². The Kier molecular flexibility index (Phi) is 8.23. The van der Waals surface area contributed by atoms with Crippen LogP contribution in [0.3, 0.4) is 0 Å². The van der Waals surface area contributed by atoms with Crippen molar-refractivity contribution in [1.82, 2.24) is 33.2 Å². The molecule has 0 aliphatic heterocycles. The monoisotopic (exact) mass is 893 g/mol. The van der Waals surface area contributed by atoms with Crippen LogP contribution in [-0.2, 0) is 0 Å². The van der Waals surface area contributed by atoms with Gasteiger partial charge in [0.2, 0.25) is 5.95 Å². The minimum Gasteiger partial charge on any atom is -0.309 e. The van der Waals surface area contributed by atoms with Crippen molar-refractivity contribution >= 4 is 87.2 Å². The van der Waals surface area contributed by atoms with E-state index in [1.807, 2.05) is 18.2 Å². The maximum absolute atomic E-state index is 5.69. The topological polar surface area (TPSA) is 58.4 Å². The van der Waals surface area contributed by atoms with Crippen LogP contribution in [-0.4, -0.2) is 33.2 Å². The fourth-order valence-corrected chi connectivity index (χ4v) is 11.3. The fraction of sp³-hybridized carbons (Fsp3) is 0. The van der Waals surface area contributed by atoms with E-state index >= 15 is 0 Å². The average Bonchev–Trinajstić information content (AvgIpc) is 4.17. The summed E-state index contributed by atoms with van der Waals surface area (Å²) in [5.74, 6) is 1.69. The Bertz CT molecular complexity index is 4520. The molecule has 0 atom stereocenters. The van der Waals surface area contributed by atoms with Crippen molar-refractivity contribution in [3.63, 3.8) is 0 Å². The number of hydrogen-bond donors (Lipinski definition) is 0. The molecule has 7 nitrogen and oxygen atoms in total. The van der Waals surface area contributed by atoms with E-state index in [0.717, 1.165) is 99.3 Å². The van der Waals surface area contributed by atoms with Crippen LogP contribution in [0.5, 0.6) is 0 Å². The van der Waals surface area contributed by atoms with Crippen molar-refractivity contribution in [2.45, 2.75) is 0 Å². The predicted octanol–water partition coefficient (Wildman–Crippen LogP) is 15.6. The van der Waals surface area contributed by atoms with E-state index in [9.17, 15) is 0 Å². The van der Waals surface area contributed by atoms with Crippen molar-refractivity contribution in [3.8, 4) is 45.8 Å². The van der Waals surface area contributed by atoms with Gasteiger partial charge in [-0.3, -0.25) is 4.57 Å².